The van der Waals surface area contributed by atoms with Gasteiger partial charge in [-0.2, -0.15) is 0 Å². The maximum absolute atomic E-state index is 11.0. The summed E-state index contributed by atoms with van der Waals surface area (Å²) in [4.78, 5) is 21.6. The molecule has 0 saturated carbocycles. The first-order chi connectivity index (χ1) is 8.08. The van der Waals surface area contributed by atoms with Crippen LogP contribution in [0.3, 0.4) is 0 Å². The molecule has 2 rings (SSSR count). The number of hydrogen-bond acceptors (Lipinski definition) is 5. The molecule has 1 unspecified atom stereocenters. The second-order valence-electron chi connectivity index (χ2n) is 4.33. The van der Waals surface area contributed by atoms with Gasteiger partial charge < -0.3 is 16.0 Å². The third-order valence-electron chi connectivity index (χ3n) is 2.84. The van der Waals surface area contributed by atoms with E-state index in [-0.39, 0.29) is 5.69 Å². The van der Waals surface area contributed by atoms with Gasteiger partial charge in [-0.1, -0.05) is 0 Å². The molecule has 1 aromatic heterocycles. The molecule has 1 amide bonds. The van der Waals surface area contributed by atoms with Gasteiger partial charge in [0.25, 0.3) is 5.91 Å². The molecule has 1 fully saturated rings. The summed E-state index contributed by atoms with van der Waals surface area (Å²) in [5.74, 6) is 0.296. The summed E-state index contributed by atoms with van der Waals surface area (Å²) >= 11 is 0. The Kier molecular flexibility index (Phi) is 3.23. The van der Waals surface area contributed by atoms with Crippen LogP contribution in [0.15, 0.2) is 6.20 Å². The van der Waals surface area contributed by atoms with E-state index in [2.05, 4.69) is 27.1 Å². The average molecular weight is 235 g/mol. The maximum atomic E-state index is 11.0. The molecule has 0 spiro atoms. The van der Waals surface area contributed by atoms with Crippen LogP contribution in [0.2, 0.25) is 0 Å². The van der Waals surface area contributed by atoms with Gasteiger partial charge in [0, 0.05) is 25.7 Å². The molecule has 6 heteroatoms. The van der Waals surface area contributed by atoms with Crippen molar-refractivity contribution in [2.75, 3.05) is 24.5 Å². The normalized spacial score (nSPS) is 20.4. The lowest BCUT2D eigenvalue weighted by molar-refractivity contribution is 0.0995. The van der Waals surface area contributed by atoms with Crippen molar-refractivity contribution >= 4 is 11.7 Å². The number of amides is 1. The summed E-state index contributed by atoms with van der Waals surface area (Å²) in [6, 6.07) is 0.431. The van der Waals surface area contributed by atoms with Crippen molar-refractivity contribution in [3.63, 3.8) is 0 Å². The van der Waals surface area contributed by atoms with Crippen molar-refractivity contribution in [2.24, 2.45) is 5.73 Å². The van der Waals surface area contributed by atoms with Crippen molar-refractivity contribution in [1.82, 2.24) is 15.3 Å². The lowest BCUT2D eigenvalue weighted by Crippen LogP contribution is -2.49. The Morgan fingerprint density at radius 1 is 1.65 bits per heavy atom. The van der Waals surface area contributed by atoms with Gasteiger partial charge in [-0.3, -0.25) is 4.79 Å². The average Bonchev–Trinajstić information content (AvgIpc) is 2.28. The molecule has 1 aliphatic heterocycles. The minimum Gasteiger partial charge on any atom is -0.364 e. The smallest absolute Gasteiger partial charge is 0.268 e. The number of rotatable bonds is 2. The molecule has 3 N–H and O–H groups in total. The molecule has 17 heavy (non-hydrogen) atoms. The molecule has 6 nitrogen and oxygen atoms in total. The number of nitrogens with two attached hydrogens (primary N) is 1. The summed E-state index contributed by atoms with van der Waals surface area (Å²) < 4.78 is 0. The molecule has 1 aliphatic rings. The standard InChI is InChI=1S/C11H17N5O/c1-7-6-16(4-3-13-7)11-8(2)15-9(5-14-11)10(12)17/h5,7,13H,3-4,6H2,1-2H3,(H2,12,17). The van der Waals surface area contributed by atoms with Crippen LogP contribution < -0.4 is 16.0 Å². The molecule has 1 atom stereocenters. The Labute approximate surface area is 100 Å². The van der Waals surface area contributed by atoms with Crippen LogP contribution in [-0.4, -0.2) is 41.6 Å². The number of piperazine rings is 1. The predicted octanol–water partition coefficient (Wildman–Crippen LogP) is -0.318. The minimum absolute atomic E-state index is 0.217. The van der Waals surface area contributed by atoms with Gasteiger partial charge >= 0.3 is 0 Å². The third kappa shape index (κ3) is 2.52. The Bertz CT molecular complexity index is 434. The molecule has 0 aromatic carbocycles. The lowest BCUT2D eigenvalue weighted by Gasteiger charge is -2.33. The van der Waals surface area contributed by atoms with E-state index in [1.807, 2.05) is 6.92 Å². The van der Waals surface area contributed by atoms with Gasteiger partial charge in [-0.15, -0.1) is 0 Å². The fourth-order valence-corrected chi connectivity index (χ4v) is 2.03. The highest BCUT2D eigenvalue weighted by molar-refractivity contribution is 5.90. The number of aryl methyl sites for hydroxylation is 1. The maximum Gasteiger partial charge on any atom is 0.268 e. The number of nitrogens with one attached hydrogen (secondary N) is 1. The Morgan fingerprint density at radius 2 is 2.41 bits per heavy atom. The van der Waals surface area contributed by atoms with Crippen molar-refractivity contribution in [3.8, 4) is 0 Å². The number of hydrogen-bond donors (Lipinski definition) is 2. The number of carbonyl (C=O) groups is 1. The van der Waals surface area contributed by atoms with Crippen LogP contribution in [0, 0.1) is 6.92 Å². The Morgan fingerprint density at radius 3 is 3.00 bits per heavy atom. The quantitative estimate of drug-likeness (QED) is 0.734. The molecule has 0 aliphatic carbocycles. The number of aromatic nitrogens is 2. The Balaban J connectivity index is 2.23. The van der Waals surface area contributed by atoms with Crippen LogP contribution in [0.1, 0.15) is 23.1 Å². The zero-order chi connectivity index (χ0) is 12.4. The first-order valence-electron chi connectivity index (χ1n) is 5.69. The topological polar surface area (TPSA) is 84.1 Å². The molecule has 0 bridgehead atoms. The molecular weight excluding hydrogens is 218 g/mol. The fraction of sp³-hybridized carbons (Fsp3) is 0.545. The van der Waals surface area contributed by atoms with Crippen LogP contribution in [-0.2, 0) is 0 Å². The molecule has 0 radical (unpaired) electrons. The van der Waals surface area contributed by atoms with Gasteiger partial charge in [-0.05, 0) is 13.8 Å². The first kappa shape index (κ1) is 11.8. The van der Waals surface area contributed by atoms with Crippen molar-refractivity contribution in [1.29, 1.82) is 0 Å². The van der Waals surface area contributed by atoms with E-state index < -0.39 is 5.91 Å². The highest BCUT2D eigenvalue weighted by Crippen LogP contribution is 2.16. The summed E-state index contributed by atoms with van der Waals surface area (Å²) in [7, 11) is 0. The van der Waals surface area contributed by atoms with Crippen LogP contribution in [0.5, 0.6) is 0 Å². The van der Waals surface area contributed by atoms with Crippen LogP contribution >= 0.6 is 0 Å². The summed E-state index contributed by atoms with van der Waals surface area (Å²) in [6.45, 7) is 6.70. The zero-order valence-corrected chi connectivity index (χ0v) is 10.1. The molecule has 2 heterocycles. The second kappa shape index (κ2) is 4.67. The summed E-state index contributed by atoms with van der Waals surface area (Å²) in [5.41, 5.74) is 6.13. The summed E-state index contributed by atoms with van der Waals surface area (Å²) in [6.07, 6.45) is 1.44. The second-order valence-corrected chi connectivity index (χ2v) is 4.33. The summed E-state index contributed by atoms with van der Waals surface area (Å²) in [5, 5.41) is 3.37. The van der Waals surface area contributed by atoms with Crippen molar-refractivity contribution in [3.05, 3.63) is 17.6 Å². The van der Waals surface area contributed by atoms with Gasteiger partial charge in [0.1, 0.15) is 11.5 Å². The van der Waals surface area contributed by atoms with Crippen molar-refractivity contribution < 1.29 is 4.79 Å². The number of anilines is 1. The highest BCUT2D eigenvalue weighted by Gasteiger charge is 2.19. The zero-order valence-electron chi connectivity index (χ0n) is 10.1. The van der Waals surface area contributed by atoms with Gasteiger partial charge in [-0.25, -0.2) is 9.97 Å². The fourth-order valence-electron chi connectivity index (χ4n) is 2.03. The van der Waals surface area contributed by atoms with Gasteiger partial charge in [0.2, 0.25) is 0 Å². The number of nitrogens with zero attached hydrogens (tertiary/aromatic N) is 3. The van der Waals surface area contributed by atoms with E-state index >= 15 is 0 Å². The molecular formula is C11H17N5O. The Hall–Kier alpha value is -1.69. The largest absolute Gasteiger partial charge is 0.364 e. The van der Waals surface area contributed by atoms with E-state index in [1.54, 1.807) is 0 Å². The number of primary amides is 1. The molecule has 1 aromatic rings. The predicted molar refractivity (Wildman–Crippen MR) is 65.0 cm³/mol. The van der Waals surface area contributed by atoms with E-state index in [1.165, 1.54) is 6.20 Å². The SMILES string of the molecule is Cc1nc(C(N)=O)cnc1N1CCNC(C)C1. The lowest BCUT2D eigenvalue weighted by atomic mass is 10.2. The molecule has 1 saturated heterocycles. The van der Waals surface area contributed by atoms with E-state index in [0.29, 0.717) is 6.04 Å². The monoisotopic (exact) mass is 235 g/mol. The van der Waals surface area contributed by atoms with E-state index in [9.17, 15) is 4.79 Å². The van der Waals surface area contributed by atoms with Crippen LogP contribution in [0.25, 0.3) is 0 Å². The van der Waals surface area contributed by atoms with Crippen molar-refractivity contribution in [2.45, 2.75) is 19.9 Å². The minimum atomic E-state index is -0.541. The molecule has 92 valence electrons. The first-order valence-corrected chi connectivity index (χ1v) is 5.69. The number of carbonyl (C=O) groups excluding carboxylic acids is 1. The highest BCUT2D eigenvalue weighted by atomic mass is 16.1. The third-order valence-corrected chi connectivity index (χ3v) is 2.84. The van der Waals surface area contributed by atoms with Gasteiger partial charge in [0.05, 0.1) is 11.9 Å². The van der Waals surface area contributed by atoms with Gasteiger partial charge in [0.15, 0.2) is 0 Å². The van der Waals surface area contributed by atoms with E-state index in [4.69, 9.17) is 5.73 Å². The van der Waals surface area contributed by atoms with Crippen LogP contribution in [0.4, 0.5) is 5.82 Å². The van der Waals surface area contributed by atoms with E-state index in [0.717, 1.165) is 31.1 Å².